The van der Waals surface area contributed by atoms with E-state index < -0.39 is 29.2 Å². The van der Waals surface area contributed by atoms with Crippen molar-refractivity contribution in [3.05, 3.63) is 53.2 Å². The predicted molar refractivity (Wildman–Crippen MR) is 61.4 cm³/mol. The molecule has 18 heavy (non-hydrogen) atoms. The quantitative estimate of drug-likeness (QED) is 0.401. The zero-order valence-electron chi connectivity index (χ0n) is 9.15. The molecule has 2 rings (SSSR count). The molecule has 6 N–H and O–H groups in total. The molecule has 0 heterocycles. The van der Waals surface area contributed by atoms with Crippen LogP contribution in [0.15, 0.2) is 47.6 Å². The van der Waals surface area contributed by atoms with Gasteiger partial charge in [-0.05, 0) is 5.56 Å². The predicted octanol–water partition coefficient (Wildman–Crippen LogP) is 0.339. The Bertz CT molecular complexity index is 529. The summed E-state index contributed by atoms with van der Waals surface area (Å²) in [5, 5.41) is 57.1. The number of aliphatic hydroxyl groups excluding tert-OH is 4. The monoisotopic (exact) mass is 252 g/mol. The normalized spacial score (nSPS) is 23.4. The fourth-order valence-corrected chi connectivity index (χ4v) is 1.76. The van der Waals surface area contributed by atoms with Gasteiger partial charge >= 0.3 is 0 Å². The molecule has 1 aliphatic carbocycles. The van der Waals surface area contributed by atoms with E-state index in [0.717, 1.165) is 0 Å². The van der Waals surface area contributed by atoms with Crippen LogP contribution in [0.25, 0.3) is 5.57 Å². The summed E-state index contributed by atoms with van der Waals surface area (Å²) < 4.78 is 0. The second-order valence-electron chi connectivity index (χ2n) is 3.95. The lowest BCUT2D eigenvalue weighted by Gasteiger charge is -2.31. The Hall–Kier alpha value is -2.02. The fourth-order valence-electron chi connectivity index (χ4n) is 1.76. The van der Waals surface area contributed by atoms with Crippen LogP contribution < -0.4 is 0 Å². The molecule has 0 aromatic heterocycles. The van der Waals surface area contributed by atoms with Crippen molar-refractivity contribution in [2.45, 2.75) is 11.9 Å². The first-order valence-electron chi connectivity index (χ1n) is 5.11. The van der Waals surface area contributed by atoms with Crippen molar-refractivity contribution >= 4 is 5.57 Å². The largest absolute Gasteiger partial charge is 0.509 e. The van der Waals surface area contributed by atoms with Crippen LogP contribution in [0.3, 0.4) is 0 Å². The minimum atomic E-state index is -3.12. The van der Waals surface area contributed by atoms with E-state index in [1.54, 1.807) is 18.2 Å². The second kappa shape index (κ2) is 4.02. The lowest BCUT2D eigenvalue weighted by atomic mass is 9.89. The summed E-state index contributed by atoms with van der Waals surface area (Å²) in [6.45, 7) is 0. The maximum atomic E-state index is 9.72. The van der Waals surface area contributed by atoms with Crippen molar-refractivity contribution in [3.63, 3.8) is 0 Å². The van der Waals surface area contributed by atoms with Crippen molar-refractivity contribution in [2.24, 2.45) is 0 Å². The molecule has 6 nitrogen and oxygen atoms in total. The van der Waals surface area contributed by atoms with E-state index in [0.29, 0.717) is 5.56 Å². The van der Waals surface area contributed by atoms with Crippen LogP contribution in [0.5, 0.6) is 0 Å². The summed E-state index contributed by atoms with van der Waals surface area (Å²) >= 11 is 0. The maximum absolute atomic E-state index is 9.72. The van der Waals surface area contributed by atoms with Gasteiger partial charge in [0.25, 0.3) is 5.79 Å². The molecule has 1 aromatic rings. The van der Waals surface area contributed by atoms with E-state index in [4.69, 9.17) is 0 Å². The Morgan fingerprint density at radius 1 is 0.944 bits per heavy atom. The van der Waals surface area contributed by atoms with E-state index in [2.05, 4.69) is 0 Å². The molecule has 1 unspecified atom stereocenters. The molecule has 0 saturated carbocycles. The Kier molecular flexibility index (Phi) is 2.78. The average Bonchev–Trinajstić information content (AvgIpc) is 2.36. The van der Waals surface area contributed by atoms with Crippen LogP contribution in [-0.2, 0) is 0 Å². The molecule has 6 heteroatoms. The van der Waals surface area contributed by atoms with Crippen LogP contribution in [0.1, 0.15) is 5.56 Å². The van der Waals surface area contributed by atoms with Gasteiger partial charge in [-0.2, -0.15) is 0 Å². The van der Waals surface area contributed by atoms with Crippen LogP contribution in [0.4, 0.5) is 0 Å². The summed E-state index contributed by atoms with van der Waals surface area (Å²) in [5.41, 5.74) is 0.0629. The zero-order chi connectivity index (χ0) is 13.5. The highest BCUT2D eigenvalue weighted by molar-refractivity contribution is 5.81. The molecule has 0 bridgehead atoms. The fraction of sp³-hybridized carbons (Fsp3) is 0.167. The lowest BCUT2D eigenvalue weighted by molar-refractivity contribution is -0.214. The van der Waals surface area contributed by atoms with Gasteiger partial charge in [-0.3, -0.25) is 0 Å². The van der Waals surface area contributed by atoms with E-state index in [-0.39, 0.29) is 5.57 Å². The zero-order valence-corrected chi connectivity index (χ0v) is 9.15. The highest BCUT2D eigenvalue weighted by Crippen LogP contribution is 2.37. The summed E-state index contributed by atoms with van der Waals surface area (Å²) in [7, 11) is 0. The Balaban J connectivity index is 2.65. The molecule has 0 aliphatic heterocycles. The minimum absolute atomic E-state index is 0.251. The molecule has 0 fully saturated rings. The van der Waals surface area contributed by atoms with Gasteiger partial charge in [-0.25, -0.2) is 0 Å². The molecule has 96 valence electrons. The maximum Gasteiger partial charge on any atom is 0.260 e. The van der Waals surface area contributed by atoms with Crippen molar-refractivity contribution in [2.75, 3.05) is 0 Å². The topological polar surface area (TPSA) is 121 Å². The van der Waals surface area contributed by atoms with Gasteiger partial charge in [0.05, 0.1) is 5.57 Å². The van der Waals surface area contributed by atoms with Crippen molar-refractivity contribution in [1.82, 2.24) is 0 Å². The van der Waals surface area contributed by atoms with E-state index in [1.165, 1.54) is 12.1 Å². The molecule has 0 spiro atoms. The van der Waals surface area contributed by atoms with Gasteiger partial charge in [-0.1, -0.05) is 30.3 Å². The number of allylic oxidation sites excluding steroid dienone is 1. The Labute approximate surface area is 102 Å². The molecule has 0 saturated heterocycles. The van der Waals surface area contributed by atoms with Gasteiger partial charge < -0.3 is 30.6 Å². The van der Waals surface area contributed by atoms with Gasteiger partial charge in [0, 0.05) is 0 Å². The number of aliphatic hydroxyl groups is 6. The summed E-state index contributed by atoms with van der Waals surface area (Å²) in [6.07, 6.45) is -2.15. The number of rotatable bonds is 1. The SMILES string of the molecule is OC1=C(O)C(O)(O)C(O)C(O)=C1c1ccccc1. The number of benzene rings is 1. The number of hydrogen-bond acceptors (Lipinski definition) is 6. The third kappa shape index (κ3) is 1.63. The number of hydrogen-bond donors (Lipinski definition) is 6. The molecular weight excluding hydrogens is 240 g/mol. The first-order chi connectivity index (χ1) is 8.37. The Morgan fingerprint density at radius 3 is 2.06 bits per heavy atom. The van der Waals surface area contributed by atoms with Gasteiger partial charge in [0.1, 0.15) is 5.76 Å². The van der Waals surface area contributed by atoms with E-state index >= 15 is 0 Å². The summed E-state index contributed by atoms with van der Waals surface area (Å²) in [4.78, 5) is 0. The van der Waals surface area contributed by atoms with Crippen molar-refractivity contribution in [3.8, 4) is 0 Å². The van der Waals surface area contributed by atoms with Crippen LogP contribution in [0, 0.1) is 0 Å². The summed E-state index contributed by atoms with van der Waals surface area (Å²) in [6, 6.07) is 7.97. The van der Waals surface area contributed by atoms with E-state index in [1.807, 2.05) is 0 Å². The van der Waals surface area contributed by atoms with Crippen LogP contribution in [0.2, 0.25) is 0 Å². The molecular formula is C12H12O6. The van der Waals surface area contributed by atoms with E-state index in [9.17, 15) is 30.6 Å². The first-order valence-corrected chi connectivity index (χ1v) is 5.11. The third-order valence-corrected chi connectivity index (χ3v) is 2.77. The highest BCUT2D eigenvalue weighted by Gasteiger charge is 2.48. The lowest BCUT2D eigenvalue weighted by Crippen LogP contribution is -2.48. The second-order valence-corrected chi connectivity index (χ2v) is 3.95. The molecule has 1 atom stereocenters. The van der Waals surface area contributed by atoms with Crippen LogP contribution >= 0.6 is 0 Å². The van der Waals surface area contributed by atoms with Crippen molar-refractivity contribution < 1.29 is 30.6 Å². The average molecular weight is 252 g/mol. The minimum Gasteiger partial charge on any atom is -0.509 e. The molecule has 1 aliphatic rings. The van der Waals surface area contributed by atoms with Gasteiger partial charge in [0.2, 0.25) is 0 Å². The molecule has 1 aromatic carbocycles. The standard InChI is InChI=1S/C12H12O6/c13-8-7(6-4-2-1-3-5-6)9(14)11(16)12(17,18)10(8)15/h1-5,10,13-18H. The smallest absolute Gasteiger partial charge is 0.260 e. The van der Waals surface area contributed by atoms with Crippen LogP contribution in [-0.4, -0.2) is 42.5 Å². The van der Waals surface area contributed by atoms with Crippen molar-refractivity contribution in [1.29, 1.82) is 0 Å². The third-order valence-electron chi connectivity index (χ3n) is 2.77. The van der Waals surface area contributed by atoms with Gasteiger partial charge in [0.15, 0.2) is 17.6 Å². The molecule has 0 amide bonds. The first kappa shape index (κ1) is 12.4. The van der Waals surface area contributed by atoms with Gasteiger partial charge in [-0.15, -0.1) is 0 Å². The Morgan fingerprint density at radius 2 is 1.50 bits per heavy atom. The summed E-state index contributed by atoms with van der Waals surface area (Å²) in [5.74, 6) is -6.06. The highest BCUT2D eigenvalue weighted by atomic mass is 16.5. The molecule has 0 radical (unpaired) electrons.